The van der Waals surface area contributed by atoms with Gasteiger partial charge in [0.25, 0.3) is 0 Å². The highest BCUT2D eigenvalue weighted by atomic mass is 16.3. The first-order chi connectivity index (χ1) is 10.9. The van der Waals surface area contributed by atoms with Crippen LogP contribution < -0.4 is 21.3 Å². The Morgan fingerprint density at radius 2 is 1.65 bits per heavy atom. The molecule has 0 saturated heterocycles. The zero-order chi connectivity index (χ0) is 17.0. The molecule has 1 aliphatic heterocycles. The predicted octanol–water partition coefficient (Wildman–Crippen LogP) is -0.337. The smallest absolute Gasteiger partial charge is 0.220 e. The van der Waals surface area contributed by atoms with Crippen LogP contribution in [0, 0.1) is 0 Å². The van der Waals surface area contributed by atoms with Gasteiger partial charge in [-0.2, -0.15) is 4.99 Å². The van der Waals surface area contributed by atoms with Crippen LogP contribution in [0.2, 0.25) is 0 Å². The van der Waals surface area contributed by atoms with E-state index in [1.54, 1.807) is 4.90 Å². The van der Waals surface area contributed by atoms with Gasteiger partial charge in [-0.05, 0) is 38.1 Å². The van der Waals surface area contributed by atoms with E-state index in [2.05, 4.69) is 9.98 Å². The molecule has 8 heteroatoms. The van der Waals surface area contributed by atoms with Crippen molar-refractivity contribution < 1.29 is 10.2 Å². The van der Waals surface area contributed by atoms with Crippen LogP contribution in [-0.4, -0.2) is 54.1 Å². The van der Waals surface area contributed by atoms with Crippen molar-refractivity contribution in [3.8, 4) is 0 Å². The first kappa shape index (κ1) is 17.0. The maximum Gasteiger partial charge on any atom is 0.220 e. The fourth-order valence-electron chi connectivity index (χ4n) is 2.68. The van der Waals surface area contributed by atoms with Crippen LogP contribution in [0.15, 0.2) is 34.3 Å². The summed E-state index contributed by atoms with van der Waals surface area (Å²) in [5.41, 5.74) is 12.8. The van der Waals surface area contributed by atoms with Crippen LogP contribution in [0.1, 0.15) is 13.8 Å². The lowest BCUT2D eigenvalue weighted by atomic mass is 10.1. The normalized spacial score (nSPS) is 16.8. The SMILES string of the molecule is CC1(C)N=C(N)N=C(N)N1c1ccc(N(CCO)CCO)cc1. The van der Waals surface area contributed by atoms with E-state index in [1.165, 1.54) is 0 Å². The van der Waals surface area contributed by atoms with E-state index in [4.69, 9.17) is 21.7 Å². The van der Waals surface area contributed by atoms with Crippen LogP contribution in [0.5, 0.6) is 0 Å². The van der Waals surface area contributed by atoms with Crippen LogP contribution >= 0.6 is 0 Å². The monoisotopic (exact) mass is 320 g/mol. The predicted molar refractivity (Wildman–Crippen MR) is 92.6 cm³/mol. The van der Waals surface area contributed by atoms with Gasteiger partial charge in [0.05, 0.1) is 13.2 Å². The number of aliphatic imine (C=N–C) groups is 2. The van der Waals surface area contributed by atoms with Crippen molar-refractivity contribution in [2.24, 2.45) is 21.5 Å². The number of nitrogens with two attached hydrogens (primary N) is 2. The lowest BCUT2D eigenvalue weighted by Gasteiger charge is -2.38. The van der Waals surface area contributed by atoms with Crippen molar-refractivity contribution in [3.05, 3.63) is 24.3 Å². The van der Waals surface area contributed by atoms with Crippen molar-refractivity contribution in [1.82, 2.24) is 0 Å². The third-order valence-corrected chi connectivity index (χ3v) is 3.61. The van der Waals surface area contributed by atoms with Gasteiger partial charge < -0.3 is 26.6 Å². The van der Waals surface area contributed by atoms with Crippen LogP contribution in [0.25, 0.3) is 0 Å². The molecule has 0 fully saturated rings. The van der Waals surface area contributed by atoms with E-state index in [1.807, 2.05) is 43.0 Å². The van der Waals surface area contributed by atoms with Gasteiger partial charge in [0.15, 0.2) is 0 Å². The second-order valence-electron chi connectivity index (χ2n) is 5.72. The summed E-state index contributed by atoms with van der Waals surface area (Å²) in [5.74, 6) is 0.454. The van der Waals surface area contributed by atoms with Gasteiger partial charge >= 0.3 is 0 Å². The number of rotatable bonds is 6. The summed E-state index contributed by atoms with van der Waals surface area (Å²) in [6, 6.07) is 7.62. The van der Waals surface area contributed by atoms with E-state index < -0.39 is 5.66 Å². The van der Waals surface area contributed by atoms with Crippen LogP contribution in [-0.2, 0) is 0 Å². The summed E-state index contributed by atoms with van der Waals surface area (Å²) in [6.45, 7) is 4.76. The van der Waals surface area contributed by atoms with Gasteiger partial charge in [-0.1, -0.05) is 0 Å². The molecule has 0 bridgehead atoms. The second kappa shape index (κ2) is 6.84. The highest BCUT2D eigenvalue weighted by molar-refractivity contribution is 6.05. The standard InChI is InChI=1S/C15H24N6O2/c1-15(2)19-13(16)18-14(17)21(15)12-5-3-11(4-6-12)20(7-9-22)8-10-23/h3-6,22-23H,7-10H2,1-2H3,(H4,16,17,18,19). The molecule has 8 nitrogen and oxygen atoms in total. The number of benzene rings is 1. The zero-order valence-corrected chi connectivity index (χ0v) is 13.5. The lowest BCUT2D eigenvalue weighted by molar-refractivity contribution is 0.281. The molecule has 0 spiro atoms. The van der Waals surface area contributed by atoms with E-state index >= 15 is 0 Å². The summed E-state index contributed by atoms with van der Waals surface area (Å²) in [7, 11) is 0. The minimum Gasteiger partial charge on any atom is -0.395 e. The number of nitrogens with zero attached hydrogens (tertiary/aromatic N) is 4. The maximum atomic E-state index is 9.12. The van der Waals surface area contributed by atoms with Crippen molar-refractivity contribution in [2.75, 3.05) is 36.1 Å². The molecule has 0 unspecified atom stereocenters. The van der Waals surface area contributed by atoms with Gasteiger partial charge in [-0.25, -0.2) is 4.99 Å². The molecular formula is C15H24N6O2. The summed E-state index contributed by atoms with van der Waals surface area (Å²) in [5, 5.41) is 18.2. The first-order valence-corrected chi connectivity index (χ1v) is 7.45. The number of anilines is 2. The summed E-state index contributed by atoms with van der Waals surface area (Å²) >= 11 is 0. The number of hydrogen-bond acceptors (Lipinski definition) is 8. The molecule has 0 atom stereocenters. The molecule has 1 aliphatic rings. The average molecular weight is 320 g/mol. The second-order valence-corrected chi connectivity index (χ2v) is 5.72. The highest BCUT2D eigenvalue weighted by Gasteiger charge is 2.32. The molecule has 0 amide bonds. The third kappa shape index (κ3) is 3.72. The summed E-state index contributed by atoms with van der Waals surface area (Å²) in [6.07, 6.45) is 0. The molecule has 1 aromatic rings. The molecule has 0 saturated carbocycles. The van der Waals surface area contributed by atoms with Gasteiger partial charge in [-0.15, -0.1) is 0 Å². The summed E-state index contributed by atoms with van der Waals surface area (Å²) < 4.78 is 0. The maximum absolute atomic E-state index is 9.12. The first-order valence-electron chi connectivity index (χ1n) is 7.45. The zero-order valence-electron chi connectivity index (χ0n) is 13.5. The van der Waals surface area contributed by atoms with Gasteiger partial charge in [0.1, 0.15) is 5.66 Å². The fourth-order valence-corrected chi connectivity index (χ4v) is 2.68. The van der Waals surface area contributed by atoms with E-state index in [0.29, 0.717) is 13.1 Å². The summed E-state index contributed by atoms with van der Waals surface area (Å²) in [4.78, 5) is 12.0. The van der Waals surface area contributed by atoms with Crippen molar-refractivity contribution in [1.29, 1.82) is 0 Å². The molecule has 0 radical (unpaired) electrons. The Labute approximate surface area is 135 Å². The van der Waals surface area contributed by atoms with E-state index in [-0.39, 0.29) is 25.1 Å². The Kier molecular flexibility index (Phi) is 5.07. The van der Waals surface area contributed by atoms with Gasteiger partial charge in [0, 0.05) is 24.5 Å². The Balaban J connectivity index is 2.27. The van der Waals surface area contributed by atoms with Crippen LogP contribution in [0.4, 0.5) is 11.4 Å². The molecule has 2 rings (SSSR count). The number of aliphatic hydroxyl groups is 2. The van der Waals surface area contributed by atoms with E-state index in [9.17, 15) is 0 Å². The Hall–Kier alpha value is -2.32. The molecule has 0 aliphatic carbocycles. The molecule has 1 aromatic carbocycles. The Morgan fingerprint density at radius 1 is 1.09 bits per heavy atom. The molecule has 0 aromatic heterocycles. The minimum atomic E-state index is -0.632. The largest absolute Gasteiger partial charge is 0.395 e. The number of guanidine groups is 2. The Bertz CT molecular complexity index is 590. The van der Waals surface area contributed by atoms with Crippen molar-refractivity contribution >= 4 is 23.3 Å². The number of hydrogen-bond donors (Lipinski definition) is 4. The highest BCUT2D eigenvalue weighted by Crippen LogP contribution is 2.29. The van der Waals surface area contributed by atoms with Gasteiger partial charge in [0.2, 0.25) is 11.9 Å². The molecule has 1 heterocycles. The fraction of sp³-hybridized carbons (Fsp3) is 0.467. The molecular weight excluding hydrogens is 296 g/mol. The average Bonchev–Trinajstić information content (AvgIpc) is 2.46. The van der Waals surface area contributed by atoms with Crippen molar-refractivity contribution in [3.63, 3.8) is 0 Å². The van der Waals surface area contributed by atoms with E-state index in [0.717, 1.165) is 11.4 Å². The lowest BCUT2D eigenvalue weighted by Crippen LogP contribution is -2.54. The quantitative estimate of drug-likeness (QED) is 0.569. The molecule has 23 heavy (non-hydrogen) atoms. The topological polar surface area (TPSA) is 124 Å². The molecule has 126 valence electrons. The van der Waals surface area contributed by atoms with Gasteiger partial charge in [-0.3, -0.25) is 4.90 Å². The third-order valence-electron chi connectivity index (χ3n) is 3.61. The minimum absolute atomic E-state index is 0.0223. The molecule has 6 N–H and O–H groups in total. The van der Waals surface area contributed by atoms with Crippen LogP contribution in [0.3, 0.4) is 0 Å². The Morgan fingerprint density at radius 3 is 2.13 bits per heavy atom. The van der Waals surface area contributed by atoms with Crippen molar-refractivity contribution in [2.45, 2.75) is 19.5 Å². The number of aliphatic hydroxyl groups excluding tert-OH is 2.